The molecule has 0 fully saturated rings. The lowest BCUT2D eigenvalue weighted by molar-refractivity contribution is 0.101. The summed E-state index contributed by atoms with van der Waals surface area (Å²) in [6.07, 6.45) is 1.29. The van der Waals surface area contributed by atoms with Crippen molar-refractivity contribution in [1.29, 1.82) is 0 Å². The van der Waals surface area contributed by atoms with E-state index >= 15 is 0 Å². The van der Waals surface area contributed by atoms with Crippen molar-refractivity contribution >= 4 is 0 Å². The van der Waals surface area contributed by atoms with Crippen LogP contribution < -0.4 is 5.32 Å². The maximum absolute atomic E-state index is 13.5. The van der Waals surface area contributed by atoms with Gasteiger partial charge in [-0.05, 0) is 50.6 Å². The summed E-state index contributed by atoms with van der Waals surface area (Å²) in [5.74, 6) is -0.771. The Bertz CT molecular complexity index is 357. The number of likely N-dealkylation sites (N-methyl/N-ethyl adjacent to an activating group) is 1. The summed E-state index contributed by atoms with van der Waals surface area (Å²) in [6, 6.07) is 3.61. The summed E-state index contributed by atoms with van der Waals surface area (Å²) in [5, 5.41) is 3.09. The summed E-state index contributed by atoms with van der Waals surface area (Å²) in [7, 11) is 3.45. The fraction of sp³-hybridized carbons (Fsp3) is 0.538. The summed E-state index contributed by atoms with van der Waals surface area (Å²) in [5.41, 5.74) is 0.396. The molecule has 96 valence electrons. The zero-order chi connectivity index (χ0) is 12.8. The molecular formula is C13H19F2NO. The van der Waals surface area contributed by atoms with Gasteiger partial charge in [-0.2, -0.15) is 0 Å². The van der Waals surface area contributed by atoms with Gasteiger partial charge in [0.2, 0.25) is 0 Å². The second-order valence-corrected chi connectivity index (χ2v) is 4.21. The van der Waals surface area contributed by atoms with Crippen molar-refractivity contribution in [2.24, 2.45) is 0 Å². The maximum Gasteiger partial charge on any atom is 0.126 e. The molecule has 17 heavy (non-hydrogen) atoms. The SMILES string of the molecule is CNC(Cc1cc(F)ccc1F)CC(C)OC. The third-order valence-electron chi connectivity index (χ3n) is 2.90. The van der Waals surface area contributed by atoms with E-state index in [2.05, 4.69) is 5.32 Å². The van der Waals surface area contributed by atoms with E-state index in [1.54, 1.807) is 7.11 Å². The zero-order valence-electron chi connectivity index (χ0n) is 10.5. The second kappa shape index (κ2) is 6.67. The van der Waals surface area contributed by atoms with Crippen LogP contribution in [0.1, 0.15) is 18.9 Å². The lowest BCUT2D eigenvalue weighted by Crippen LogP contribution is -2.31. The molecule has 0 saturated heterocycles. The van der Waals surface area contributed by atoms with Crippen molar-refractivity contribution < 1.29 is 13.5 Å². The van der Waals surface area contributed by atoms with Crippen LogP contribution in [-0.2, 0) is 11.2 Å². The van der Waals surface area contributed by atoms with Crippen LogP contribution in [0.15, 0.2) is 18.2 Å². The molecular weight excluding hydrogens is 224 g/mol. The first-order valence-electron chi connectivity index (χ1n) is 5.70. The molecule has 4 heteroatoms. The van der Waals surface area contributed by atoms with Crippen molar-refractivity contribution in [3.63, 3.8) is 0 Å². The van der Waals surface area contributed by atoms with Gasteiger partial charge in [0.15, 0.2) is 0 Å². The van der Waals surface area contributed by atoms with E-state index in [-0.39, 0.29) is 18.0 Å². The lowest BCUT2D eigenvalue weighted by Gasteiger charge is -2.20. The average molecular weight is 243 g/mol. The fourth-order valence-corrected chi connectivity index (χ4v) is 1.77. The fourth-order valence-electron chi connectivity index (χ4n) is 1.77. The third-order valence-corrected chi connectivity index (χ3v) is 2.90. The van der Waals surface area contributed by atoms with E-state index in [0.29, 0.717) is 12.0 Å². The Hall–Kier alpha value is -1.00. The largest absolute Gasteiger partial charge is 0.382 e. The molecule has 1 aromatic rings. The van der Waals surface area contributed by atoms with E-state index in [0.717, 1.165) is 18.6 Å². The molecule has 0 heterocycles. The third kappa shape index (κ3) is 4.40. The van der Waals surface area contributed by atoms with Crippen molar-refractivity contribution in [2.45, 2.75) is 31.9 Å². The quantitative estimate of drug-likeness (QED) is 0.829. The van der Waals surface area contributed by atoms with Crippen molar-refractivity contribution in [1.82, 2.24) is 5.32 Å². The predicted molar refractivity (Wildman–Crippen MR) is 64.0 cm³/mol. The first kappa shape index (κ1) is 14.1. The first-order valence-corrected chi connectivity index (χ1v) is 5.70. The summed E-state index contributed by atoms with van der Waals surface area (Å²) < 4.78 is 31.6. The Balaban J connectivity index is 2.69. The molecule has 2 nitrogen and oxygen atoms in total. The number of hydrogen-bond acceptors (Lipinski definition) is 2. The zero-order valence-corrected chi connectivity index (χ0v) is 10.5. The second-order valence-electron chi connectivity index (χ2n) is 4.21. The molecule has 0 aliphatic rings. The highest BCUT2D eigenvalue weighted by Crippen LogP contribution is 2.14. The van der Waals surface area contributed by atoms with E-state index < -0.39 is 5.82 Å². The number of hydrogen-bond donors (Lipinski definition) is 1. The highest BCUT2D eigenvalue weighted by atomic mass is 19.1. The van der Waals surface area contributed by atoms with Gasteiger partial charge in [0, 0.05) is 13.2 Å². The van der Waals surface area contributed by atoms with Crippen molar-refractivity contribution in [3.05, 3.63) is 35.4 Å². The van der Waals surface area contributed by atoms with Crippen LogP contribution in [0.25, 0.3) is 0 Å². The Morgan fingerprint density at radius 1 is 1.35 bits per heavy atom. The van der Waals surface area contributed by atoms with E-state index in [1.807, 2.05) is 14.0 Å². The van der Waals surface area contributed by atoms with Gasteiger partial charge >= 0.3 is 0 Å². The number of rotatable bonds is 6. The molecule has 0 spiro atoms. The highest BCUT2D eigenvalue weighted by molar-refractivity contribution is 5.19. The van der Waals surface area contributed by atoms with E-state index in [9.17, 15) is 8.78 Å². The standard InChI is InChI=1S/C13H19F2NO/c1-9(17-3)6-12(16-2)8-10-7-11(14)4-5-13(10)15/h4-5,7,9,12,16H,6,8H2,1-3H3. The molecule has 2 unspecified atom stereocenters. The Labute approximate surface area is 101 Å². The minimum atomic E-state index is -0.406. The molecule has 1 aromatic carbocycles. The Morgan fingerprint density at radius 3 is 2.65 bits per heavy atom. The Kier molecular flexibility index (Phi) is 5.51. The van der Waals surface area contributed by atoms with Crippen LogP contribution >= 0.6 is 0 Å². The van der Waals surface area contributed by atoms with Gasteiger partial charge < -0.3 is 10.1 Å². The van der Waals surface area contributed by atoms with Crippen LogP contribution in [0.5, 0.6) is 0 Å². The molecule has 1 N–H and O–H groups in total. The monoisotopic (exact) mass is 243 g/mol. The minimum Gasteiger partial charge on any atom is -0.382 e. The first-order chi connectivity index (χ1) is 8.06. The number of benzene rings is 1. The van der Waals surface area contributed by atoms with E-state index in [1.165, 1.54) is 6.07 Å². The smallest absolute Gasteiger partial charge is 0.126 e. The molecule has 0 radical (unpaired) electrons. The molecule has 0 aliphatic carbocycles. The van der Waals surface area contributed by atoms with Crippen molar-refractivity contribution in [3.8, 4) is 0 Å². The van der Waals surface area contributed by atoms with Gasteiger partial charge in [0.1, 0.15) is 11.6 Å². The molecule has 2 atom stereocenters. The van der Waals surface area contributed by atoms with Gasteiger partial charge in [-0.1, -0.05) is 0 Å². The maximum atomic E-state index is 13.5. The van der Waals surface area contributed by atoms with E-state index in [4.69, 9.17) is 4.74 Å². The number of halogens is 2. The van der Waals surface area contributed by atoms with Gasteiger partial charge in [0.25, 0.3) is 0 Å². The van der Waals surface area contributed by atoms with Crippen LogP contribution in [0.3, 0.4) is 0 Å². The molecule has 0 saturated carbocycles. The van der Waals surface area contributed by atoms with Crippen LogP contribution in [0, 0.1) is 11.6 Å². The van der Waals surface area contributed by atoms with Gasteiger partial charge in [-0.3, -0.25) is 0 Å². The number of methoxy groups -OCH3 is 1. The minimum absolute atomic E-state index is 0.0706. The van der Waals surface area contributed by atoms with Crippen molar-refractivity contribution in [2.75, 3.05) is 14.2 Å². The van der Waals surface area contributed by atoms with Gasteiger partial charge in [-0.25, -0.2) is 8.78 Å². The van der Waals surface area contributed by atoms with Gasteiger partial charge in [0.05, 0.1) is 6.10 Å². The molecule has 1 rings (SSSR count). The predicted octanol–water partition coefficient (Wildman–Crippen LogP) is 2.52. The van der Waals surface area contributed by atoms with Gasteiger partial charge in [-0.15, -0.1) is 0 Å². The molecule has 0 bridgehead atoms. The van der Waals surface area contributed by atoms with Crippen LogP contribution in [-0.4, -0.2) is 26.3 Å². The summed E-state index contributed by atoms with van der Waals surface area (Å²) in [4.78, 5) is 0. The normalized spacial score (nSPS) is 14.6. The Morgan fingerprint density at radius 2 is 2.06 bits per heavy atom. The molecule has 0 aliphatic heterocycles. The average Bonchev–Trinajstić information content (AvgIpc) is 2.32. The lowest BCUT2D eigenvalue weighted by atomic mass is 10.0. The summed E-state index contributed by atoms with van der Waals surface area (Å²) in [6.45, 7) is 1.95. The van der Waals surface area contributed by atoms with Crippen LogP contribution in [0.2, 0.25) is 0 Å². The number of nitrogens with one attached hydrogen (secondary N) is 1. The number of ether oxygens (including phenoxy) is 1. The topological polar surface area (TPSA) is 21.3 Å². The molecule has 0 aromatic heterocycles. The molecule has 0 amide bonds. The van der Waals surface area contributed by atoms with Crippen LogP contribution in [0.4, 0.5) is 8.78 Å². The highest BCUT2D eigenvalue weighted by Gasteiger charge is 2.14. The summed E-state index contributed by atoms with van der Waals surface area (Å²) >= 11 is 0.